The van der Waals surface area contributed by atoms with Gasteiger partial charge in [-0.2, -0.15) is 0 Å². The SMILES string of the molecule is COc1cccc(CN(c2cccc(OC)c2)c2nc3c(C)ccnc3s2)c1. The van der Waals surface area contributed by atoms with E-state index in [0.29, 0.717) is 6.54 Å². The normalized spacial score (nSPS) is 10.8. The smallest absolute Gasteiger partial charge is 0.192 e. The number of thiazole rings is 1. The topological polar surface area (TPSA) is 47.5 Å². The van der Waals surface area contributed by atoms with Gasteiger partial charge in [0.25, 0.3) is 0 Å². The van der Waals surface area contributed by atoms with Crippen LogP contribution in [0.3, 0.4) is 0 Å². The van der Waals surface area contributed by atoms with Crippen LogP contribution in [-0.2, 0) is 6.54 Å². The predicted octanol–water partition coefficient (Wildman–Crippen LogP) is 5.36. The number of pyridine rings is 1. The second-order valence-electron chi connectivity index (χ2n) is 6.42. The van der Waals surface area contributed by atoms with E-state index in [4.69, 9.17) is 14.5 Å². The number of anilines is 2. The van der Waals surface area contributed by atoms with E-state index in [1.807, 2.05) is 48.7 Å². The molecule has 6 heteroatoms. The largest absolute Gasteiger partial charge is 0.497 e. The quantitative estimate of drug-likeness (QED) is 0.443. The van der Waals surface area contributed by atoms with Crippen LogP contribution in [0.15, 0.2) is 60.8 Å². The Morgan fingerprint density at radius 3 is 2.46 bits per heavy atom. The van der Waals surface area contributed by atoms with Crippen LogP contribution in [0.25, 0.3) is 10.3 Å². The summed E-state index contributed by atoms with van der Waals surface area (Å²) in [5.41, 5.74) is 4.21. The van der Waals surface area contributed by atoms with Crippen molar-refractivity contribution in [1.29, 1.82) is 0 Å². The van der Waals surface area contributed by atoms with Gasteiger partial charge in [0.1, 0.15) is 21.8 Å². The highest BCUT2D eigenvalue weighted by Gasteiger charge is 2.17. The molecule has 142 valence electrons. The number of rotatable bonds is 6. The lowest BCUT2D eigenvalue weighted by molar-refractivity contribution is 0.414. The van der Waals surface area contributed by atoms with Crippen LogP contribution in [0.1, 0.15) is 11.1 Å². The van der Waals surface area contributed by atoms with Gasteiger partial charge in [-0.3, -0.25) is 0 Å². The third-order valence-corrected chi connectivity index (χ3v) is 5.54. The van der Waals surface area contributed by atoms with Crippen molar-refractivity contribution in [3.05, 3.63) is 71.9 Å². The van der Waals surface area contributed by atoms with Crippen LogP contribution in [0.5, 0.6) is 11.5 Å². The standard InChI is InChI=1S/C22H21N3O2S/c1-15-10-11-23-21-20(15)24-22(28-21)25(17-7-5-9-19(13-17)27-3)14-16-6-4-8-18(12-16)26-2/h4-13H,14H2,1-3H3. The molecule has 0 fully saturated rings. The Kier molecular flexibility index (Phi) is 5.12. The molecule has 0 amide bonds. The lowest BCUT2D eigenvalue weighted by Gasteiger charge is -2.23. The van der Waals surface area contributed by atoms with Crippen molar-refractivity contribution >= 4 is 32.5 Å². The maximum Gasteiger partial charge on any atom is 0.192 e. The van der Waals surface area contributed by atoms with Crippen LogP contribution in [-0.4, -0.2) is 24.2 Å². The summed E-state index contributed by atoms with van der Waals surface area (Å²) >= 11 is 1.59. The maximum atomic E-state index is 5.43. The van der Waals surface area contributed by atoms with E-state index < -0.39 is 0 Å². The van der Waals surface area contributed by atoms with Crippen molar-refractivity contribution in [1.82, 2.24) is 9.97 Å². The molecule has 5 nitrogen and oxygen atoms in total. The maximum absolute atomic E-state index is 5.43. The van der Waals surface area contributed by atoms with Gasteiger partial charge in [0, 0.05) is 18.0 Å². The number of aromatic nitrogens is 2. The lowest BCUT2D eigenvalue weighted by atomic mass is 10.2. The summed E-state index contributed by atoms with van der Waals surface area (Å²) < 4.78 is 10.8. The summed E-state index contributed by atoms with van der Waals surface area (Å²) in [6.07, 6.45) is 1.83. The van der Waals surface area contributed by atoms with Crippen molar-refractivity contribution in [2.24, 2.45) is 0 Å². The predicted molar refractivity (Wildman–Crippen MR) is 114 cm³/mol. The first-order valence-electron chi connectivity index (χ1n) is 8.94. The van der Waals surface area contributed by atoms with Gasteiger partial charge in [0.15, 0.2) is 5.13 Å². The Morgan fingerprint density at radius 2 is 1.71 bits per heavy atom. The number of fused-ring (bicyclic) bond motifs is 1. The first-order chi connectivity index (χ1) is 13.7. The molecule has 4 aromatic rings. The number of methoxy groups -OCH3 is 2. The molecule has 0 spiro atoms. The average molecular weight is 391 g/mol. The van der Waals surface area contributed by atoms with Gasteiger partial charge in [-0.25, -0.2) is 9.97 Å². The molecule has 0 aliphatic heterocycles. The number of nitrogens with zero attached hydrogens (tertiary/aromatic N) is 3. The molecule has 0 atom stereocenters. The third kappa shape index (κ3) is 3.64. The fourth-order valence-electron chi connectivity index (χ4n) is 3.06. The molecule has 0 unspecified atom stereocenters. The molecule has 0 aliphatic rings. The highest BCUT2D eigenvalue weighted by atomic mass is 32.1. The average Bonchev–Trinajstić information content (AvgIpc) is 3.17. The zero-order valence-corrected chi connectivity index (χ0v) is 16.9. The summed E-state index contributed by atoms with van der Waals surface area (Å²) in [6, 6.07) is 18.1. The molecular weight excluding hydrogens is 370 g/mol. The zero-order valence-electron chi connectivity index (χ0n) is 16.0. The van der Waals surface area contributed by atoms with E-state index in [1.165, 1.54) is 0 Å². The minimum absolute atomic E-state index is 0.656. The molecule has 2 heterocycles. The minimum atomic E-state index is 0.656. The van der Waals surface area contributed by atoms with Crippen LogP contribution in [0.2, 0.25) is 0 Å². The van der Waals surface area contributed by atoms with Gasteiger partial charge in [-0.15, -0.1) is 0 Å². The molecule has 0 saturated carbocycles. The Bertz CT molecular complexity index is 1110. The molecule has 0 radical (unpaired) electrons. The Labute approximate surface area is 168 Å². The molecule has 0 saturated heterocycles. The molecule has 4 rings (SSSR count). The first-order valence-corrected chi connectivity index (χ1v) is 9.76. The molecule has 2 aromatic heterocycles. The molecule has 0 N–H and O–H groups in total. The van der Waals surface area contributed by atoms with Crippen molar-refractivity contribution in [3.63, 3.8) is 0 Å². The van der Waals surface area contributed by atoms with Crippen LogP contribution in [0, 0.1) is 6.92 Å². The van der Waals surface area contributed by atoms with E-state index >= 15 is 0 Å². The highest BCUT2D eigenvalue weighted by Crippen LogP contribution is 2.36. The summed E-state index contributed by atoms with van der Waals surface area (Å²) in [5, 5.41) is 0.896. The second-order valence-corrected chi connectivity index (χ2v) is 7.37. The number of ether oxygens (including phenoxy) is 2. The fourth-order valence-corrected chi connectivity index (χ4v) is 4.06. The lowest BCUT2D eigenvalue weighted by Crippen LogP contribution is -2.16. The second kappa shape index (κ2) is 7.86. The van der Waals surface area contributed by atoms with Gasteiger partial charge in [-0.05, 0) is 48.4 Å². The summed E-state index contributed by atoms with van der Waals surface area (Å²) in [5.74, 6) is 1.65. The molecule has 0 bridgehead atoms. The van der Waals surface area contributed by atoms with Gasteiger partial charge in [0.2, 0.25) is 0 Å². The molecule has 28 heavy (non-hydrogen) atoms. The van der Waals surface area contributed by atoms with E-state index in [0.717, 1.165) is 43.8 Å². The van der Waals surface area contributed by atoms with E-state index in [2.05, 4.69) is 28.9 Å². The van der Waals surface area contributed by atoms with Gasteiger partial charge < -0.3 is 14.4 Å². The number of benzene rings is 2. The molecule has 0 aliphatic carbocycles. The van der Waals surface area contributed by atoms with Crippen molar-refractivity contribution in [2.45, 2.75) is 13.5 Å². The molecule has 2 aromatic carbocycles. The third-order valence-electron chi connectivity index (χ3n) is 4.56. The first kappa shape index (κ1) is 18.3. The molecular formula is C22H21N3O2S. The fraction of sp³-hybridized carbons (Fsp3) is 0.182. The number of hydrogen-bond donors (Lipinski definition) is 0. The Hall–Kier alpha value is -3.12. The number of aryl methyl sites for hydroxylation is 1. The number of hydrogen-bond acceptors (Lipinski definition) is 6. The Morgan fingerprint density at radius 1 is 0.964 bits per heavy atom. The van der Waals surface area contributed by atoms with Gasteiger partial charge in [-0.1, -0.05) is 29.5 Å². The monoisotopic (exact) mass is 391 g/mol. The van der Waals surface area contributed by atoms with Crippen molar-refractivity contribution < 1.29 is 9.47 Å². The van der Waals surface area contributed by atoms with Crippen molar-refractivity contribution in [3.8, 4) is 11.5 Å². The van der Waals surface area contributed by atoms with Gasteiger partial charge in [0.05, 0.1) is 20.8 Å². The Balaban J connectivity index is 1.80. The summed E-state index contributed by atoms with van der Waals surface area (Å²) in [4.78, 5) is 12.5. The van der Waals surface area contributed by atoms with Crippen LogP contribution < -0.4 is 14.4 Å². The van der Waals surface area contributed by atoms with Gasteiger partial charge >= 0.3 is 0 Å². The van der Waals surface area contributed by atoms with Crippen molar-refractivity contribution in [2.75, 3.05) is 19.1 Å². The minimum Gasteiger partial charge on any atom is -0.497 e. The zero-order chi connectivity index (χ0) is 19.5. The highest BCUT2D eigenvalue weighted by molar-refractivity contribution is 7.21. The summed E-state index contributed by atoms with van der Waals surface area (Å²) in [6.45, 7) is 2.72. The van der Waals surface area contributed by atoms with E-state index in [-0.39, 0.29) is 0 Å². The summed E-state index contributed by atoms with van der Waals surface area (Å²) in [7, 11) is 3.36. The van der Waals surface area contributed by atoms with E-state index in [1.54, 1.807) is 25.6 Å². The van der Waals surface area contributed by atoms with E-state index in [9.17, 15) is 0 Å². The van der Waals surface area contributed by atoms with Crippen LogP contribution >= 0.6 is 11.3 Å². The van der Waals surface area contributed by atoms with Crippen LogP contribution in [0.4, 0.5) is 10.8 Å².